The van der Waals surface area contributed by atoms with Crippen molar-refractivity contribution >= 4 is 11.9 Å². The standard InChI is InChI=1S/C12H20N2O3/c15-11-8-14(10-4-2-1-3-5-10)7-9(13-11)6-12(16)17/h9-10H,1-8H2,(H,13,15)(H,16,17). The molecule has 2 fully saturated rings. The lowest BCUT2D eigenvalue weighted by Gasteiger charge is -2.39. The Morgan fingerprint density at radius 2 is 2.06 bits per heavy atom. The van der Waals surface area contributed by atoms with Crippen LogP contribution in [0.25, 0.3) is 0 Å². The zero-order valence-corrected chi connectivity index (χ0v) is 10.0. The van der Waals surface area contributed by atoms with Crippen LogP contribution in [0, 0.1) is 0 Å². The molecule has 2 aliphatic rings. The number of aliphatic carboxylic acids is 1. The third-order valence-electron chi connectivity index (χ3n) is 3.68. The molecule has 2 rings (SSSR count). The Labute approximate surface area is 101 Å². The third kappa shape index (κ3) is 3.43. The molecule has 0 aromatic heterocycles. The molecule has 0 aromatic carbocycles. The maximum atomic E-state index is 11.6. The maximum absolute atomic E-state index is 11.6. The molecule has 1 atom stereocenters. The number of amides is 1. The number of hydrogen-bond acceptors (Lipinski definition) is 3. The lowest BCUT2D eigenvalue weighted by molar-refractivity contribution is -0.138. The topological polar surface area (TPSA) is 69.6 Å². The Morgan fingerprint density at radius 3 is 2.71 bits per heavy atom. The first-order valence-electron chi connectivity index (χ1n) is 6.40. The lowest BCUT2D eigenvalue weighted by atomic mass is 9.93. The molecule has 17 heavy (non-hydrogen) atoms. The van der Waals surface area contributed by atoms with Crippen molar-refractivity contribution in [2.45, 2.75) is 50.6 Å². The second-order valence-corrected chi connectivity index (χ2v) is 5.08. The monoisotopic (exact) mass is 240 g/mol. The number of nitrogens with one attached hydrogen (secondary N) is 1. The van der Waals surface area contributed by atoms with Gasteiger partial charge in [0.05, 0.1) is 19.0 Å². The van der Waals surface area contributed by atoms with Crippen molar-refractivity contribution in [2.75, 3.05) is 13.1 Å². The fourth-order valence-corrected chi connectivity index (χ4v) is 2.90. The van der Waals surface area contributed by atoms with Crippen LogP contribution in [0.3, 0.4) is 0 Å². The minimum atomic E-state index is -0.846. The molecule has 1 unspecified atom stereocenters. The van der Waals surface area contributed by atoms with E-state index in [1.54, 1.807) is 0 Å². The predicted molar refractivity (Wildman–Crippen MR) is 62.6 cm³/mol. The maximum Gasteiger partial charge on any atom is 0.305 e. The zero-order chi connectivity index (χ0) is 12.3. The molecule has 1 aliphatic carbocycles. The summed E-state index contributed by atoms with van der Waals surface area (Å²) in [5.74, 6) is -0.881. The number of rotatable bonds is 3. The molecule has 1 heterocycles. The van der Waals surface area contributed by atoms with Gasteiger partial charge in [0.25, 0.3) is 0 Å². The van der Waals surface area contributed by atoms with E-state index in [4.69, 9.17) is 5.11 Å². The van der Waals surface area contributed by atoms with Gasteiger partial charge in [0.1, 0.15) is 0 Å². The minimum absolute atomic E-state index is 0.0228. The Morgan fingerprint density at radius 1 is 1.35 bits per heavy atom. The molecule has 5 nitrogen and oxygen atoms in total. The van der Waals surface area contributed by atoms with Gasteiger partial charge in [-0.2, -0.15) is 0 Å². The average Bonchev–Trinajstić information content (AvgIpc) is 2.28. The molecule has 5 heteroatoms. The zero-order valence-electron chi connectivity index (χ0n) is 10.0. The van der Waals surface area contributed by atoms with E-state index >= 15 is 0 Å². The van der Waals surface area contributed by atoms with Gasteiger partial charge in [-0.25, -0.2) is 0 Å². The fraction of sp³-hybridized carbons (Fsp3) is 0.833. The summed E-state index contributed by atoms with van der Waals surface area (Å²) in [4.78, 5) is 24.4. The Balaban J connectivity index is 1.92. The smallest absolute Gasteiger partial charge is 0.305 e. The minimum Gasteiger partial charge on any atom is -0.481 e. The van der Waals surface area contributed by atoms with Crippen molar-refractivity contribution in [3.8, 4) is 0 Å². The molecule has 0 aromatic rings. The van der Waals surface area contributed by atoms with Crippen LogP contribution in [0.4, 0.5) is 0 Å². The van der Waals surface area contributed by atoms with Crippen LogP contribution in [0.5, 0.6) is 0 Å². The number of hydrogen-bond donors (Lipinski definition) is 2. The third-order valence-corrected chi connectivity index (χ3v) is 3.68. The van der Waals surface area contributed by atoms with Crippen LogP contribution in [0.2, 0.25) is 0 Å². The number of carboxylic acids is 1. The first-order chi connectivity index (χ1) is 8.15. The van der Waals surface area contributed by atoms with Gasteiger partial charge in [-0.15, -0.1) is 0 Å². The molecule has 0 spiro atoms. The molecular weight excluding hydrogens is 220 g/mol. The highest BCUT2D eigenvalue weighted by molar-refractivity contribution is 5.80. The summed E-state index contributed by atoms with van der Waals surface area (Å²) < 4.78 is 0. The summed E-state index contributed by atoms with van der Waals surface area (Å²) in [7, 11) is 0. The van der Waals surface area contributed by atoms with Gasteiger partial charge in [-0.1, -0.05) is 19.3 Å². The highest BCUT2D eigenvalue weighted by Crippen LogP contribution is 2.23. The number of carboxylic acid groups (broad SMARTS) is 1. The van der Waals surface area contributed by atoms with Gasteiger partial charge in [0.15, 0.2) is 0 Å². The Bertz CT molecular complexity index is 298. The molecule has 96 valence electrons. The highest BCUT2D eigenvalue weighted by atomic mass is 16.4. The van der Waals surface area contributed by atoms with E-state index in [1.165, 1.54) is 19.3 Å². The van der Waals surface area contributed by atoms with E-state index in [0.717, 1.165) is 12.8 Å². The molecule has 1 saturated heterocycles. The first-order valence-corrected chi connectivity index (χ1v) is 6.40. The molecule has 0 radical (unpaired) electrons. The summed E-state index contributed by atoms with van der Waals surface area (Å²) in [5.41, 5.74) is 0. The average molecular weight is 240 g/mol. The second-order valence-electron chi connectivity index (χ2n) is 5.08. The number of nitrogens with zero attached hydrogens (tertiary/aromatic N) is 1. The van der Waals surface area contributed by atoms with Crippen LogP contribution >= 0.6 is 0 Å². The van der Waals surface area contributed by atoms with Crippen molar-refractivity contribution in [3.05, 3.63) is 0 Å². The quantitative estimate of drug-likeness (QED) is 0.757. The SMILES string of the molecule is O=C(O)CC1CN(C2CCCCC2)CC(=O)N1. The van der Waals surface area contributed by atoms with Crippen LogP contribution in [0.15, 0.2) is 0 Å². The number of carbonyl (C=O) groups is 2. The normalized spacial score (nSPS) is 27.8. The molecular formula is C12H20N2O3. The van der Waals surface area contributed by atoms with Gasteiger partial charge in [-0.05, 0) is 12.8 Å². The Kier molecular flexibility index (Phi) is 3.99. The molecule has 0 bridgehead atoms. The first kappa shape index (κ1) is 12.4. The lowest BCUT2D eigenvalue weighted by Crippen LogP contribution is -2.57. The van der Waals surface area contributed by atoms with E-state index in [-0.39, 0.29) is 18.4 Å². The van der Waals surface area contributed by atoms with Gasteiger partial charge in [0.2, 0.25) is 5.91 Å². The van der Waals surface area contributed by atoms with E-state index in [2.05, 4.69) is 10.2 Å². The molecule has 1 amide bonds. The van der Waals surface area contributed by atoms with Crippen LogP contribution < -0.4 is 5.32 Å². The molecule has 1 aliphatic heterocycles. The van der Waals surface area contributed by atoms with Crippen LogP contribution in [-0.2, 0) is 9.59 Å². The highest BCUT2D eigenvalue weighted by Gasteiger charge is 2.31. The summed E-state index contributed by atoms with van der Waals surface area (Å²) in [6, 6.07) is 0.252. The van der Waals surface area contributed by atoms with Gasteiger partial charge in [0, 0.05) is 12.6 Å². The van der Waals surface area contributed by atoms with Crippen molar-refractivity contribution < 1.29 is 14.7 Å². The van der Waals surface area contributed by atoms with Crippen LogP contribution in [0.1, 0.15) is 38.5 Å². The van der Waals surface area contributed by atoms with Crippen LogP contribution in [-0.4, -0.2) is 47.1 Å². The van der Waals surface area contributed by atoms with E-state index < -0.39 is 5.97 Å². The molecule has 1 saturated carbocycles. The van der Waals surface area contributed by atoms with Gasteiger partial charge in [-0.3, -0.25) is 14.5 Å². The van der Waals surface area contributed by atoms with Crippen molar-refractivity contribution in [1.29, 1.82) is 0 Å². The van der Waals surface area contributed by atoms with E-state index in [0.29, 0.717) is 19.1 Å². The summed E-state index contributed by atoms with van der Waals surface area (Å²) >= 11 is 0. The number of piperazine rings is 1. The summed E-state index contributed by atoms with van der Waals surface area (Å²) in [6.07, 6.45) is 6.06. The fourth-order valence-electron chi connectivity index (χ4n) is 2.90. The predicted octanol–water partition coefficient (Wildman–Crippen LogP) is 0.594. The summed E-state index contributed by atoms with van der Waals surface area (Å²) in [5, 5.41) is 11.5. The largest absolute Gasteiger partial charge is 0.481 e. The van der Waals surface area contributed by atoms with E-state index in [9.17, 15) is 9.59 Å². The van der Waals surface area contributed by atoms with E-state index in [1.807, 2.05) is 0 Å². The van der Waals surface area contributed by atoms with Gasteiger partial charge < -0.3 is 10.4 Å². The molecule has 2 N–H and O–H groups in total. The Hall–Kier alpha value is -1.10. The van der Waals surface area contributed by atoms with Gasteiger partial charge >= 0.3 is 5.97 Å². The van der Waals surface area contributed by atoms with Crippen molar-refractivity contribution in [2.24, 2.45) is 0 Å². The summed E-state index contributed by atoms with van der Waals surface area (Å²) in [6.45, 7) is 1.11. The van der Waals surface area contributed by atoms with Crippen molar-refractivity contribution in [1.82, 2.24) is 10.2 Å². The number of carbonyl (C=O) groups excluding carboxylic acids is 1. The second kappa shape index (κ2) is 5.49. The van der Waals surface area contributed by atoms with Crippen molar-refractivity contribution in [3.63, 3.8) is 0 Å².